The van der Waals surface area contributed by atoms with E-state index in [4.69, 9.17) is 14.2 Å². The molecule has 2 aliphatic rings. The van der Waals surface area contributed by atoms with Gasteiger partial charge in [-0.25, -0.2) is 0 Å². The minimum atomic E-state index is 0. The number of fused-ring (bicyclic) bond motifs is 2. The van der Waals surface area contributed by atoms with Gasteiger partial charge in [0.1, 0.15) is 10.6 Å². The number of amidine groups is 1. The quantitative estimate of drug-likeness (QED) is 0.570. The zero-order chi connectivity index (χ0) is 13.6. The molecule has 5 nitrogen and oxygen atoms in total. The molecule has 0 spiro atoms. The maximum atomic E-state index is 5.53. The van der Waals surface area contributed by atoms with Crippen molar-refractivity contribution in [2.24, 2.45) is 0 Å². The normalized spacial score (nSPS) is 15.3. The molecule has 1 aromatic rings. The van der Waals surface area contributed by atoms with Crippen molar-refractivity contribution in [1.29, 1.82) is 0 Å². The molecule has 1 aliphatic carbocycles. The number of methoxy groups -OCH3 is 3. The zero-order valence-electron chi connectivity index (χ0n) is 11.4. The van der Waals surface area contributed by atoms with Gasteiger partial charge in [-0.2, -0.15) is 0 Å². The molecule has 0 aromatic heterocycles. The molecular formula is C13H15IN2O3S+. The fourth-order valence-corrected chi connectivity index (χ4v) is 3.39. The Morgan fingerprint density at radius 3 is 2.45 bits per heavy atom. The Bertz CT molecular complexity index is 629. The summed E-state index contributed by atoms with van der Waals surface area (Å²) >= 11 is 1.62. The average molecular weight is 406 g/mol. The molecule has 107 valence electrons. The van der Waals surface area contributed by atoms with Gasteiger partial charge in [-0.15, -0.1) is 0 Å². The molecule has 1 aliphatic heterocycles. The van der Waals surface area contributed by atoms with E-state index in [0.717, 1.165) is 28.4 Å². The molecule has 0 atom stereocenters. The van der Waals surface area contributed by atoms with Gasteiger partial charge >= 0.3 is 10.9 Å². The summed E-state index contributed by atoms with van der Waals surface area (Å²) in [4.78, 5) is 5.72. The molecule has 0 fully saturated rings. The van der Waals surface area contributed by atoms with Gasteiger partial charge in [0.2, 0.25) is 5.75 Å². The van der Waals surface area contributed by atoms with Crippen LogP contribution in [0.15, 0.2) is 11.0 Å². The highest BCUT2D eigenvalue weighted by Gasteiger charge is 2.43. The molecule has 20 heavy (non-hydrogen) atoms. The lowest BCUT2D eigenvalue weighted by Gasteiger charge is -2.14. The smallest absolute Gasteiger partial charge is 0.472 e. The van der Waals surface area contributed by atoms with Crippen molar-refractivity contribution in [1.82, 2.24) is 4.99 Å². The molecule has 1 aromatic carbocycles. The number of aliphatic imine (C=N–C) groups is 1. The summed E-state index contributed by atoms with van der Waals surface area (Å²) in [6.07, 6.45) is 0.842. The third kappa shape index (κ3) is 2.17. The highest BCUT2D eigenvalue weighted by molar-refractivity contribution is 8.17. The molecule has 7 heteroatoms. The predicted molar refractivity (Wildman–Crippen MR) is 74.3 cm³/mol. The number of rotatable bonds is 3. The van der Waals surface area contributed by atoms with Crippen LogP contribution in [-0.2, 0) is 6.42 Å². The van der Waals surface area contributed by atoms with Crippen molar-refractivity contribution >= 4 is 22.6 Å². The van der Waals surface area contributed by atoms with E-state index in [-0.39, 0.29) is 24.0 Å². The molecule has 0 bridgehead atoms. The van der Waals surface area contributed by atoms with E-state index in [0.29, 0.717) is 17.2 Å². The number of benzene rings is 1. The van der Waals surface area contributed by atoms with Crippen molar-refractivity contribution in [3.8, 4) is 17.2 Å². The lowest BCUT2D eigenvalue weighted by atomic mass is 10.1. The van der Waals surface area contributed by atoms with E-state index in [1.165, 1.54) is 4.91 Å². The number of hydrogen-bond acceptors (Lipinski definition) is 5. The number of ether oxygens (including phenoxy) is 3. The first-order valence-corrected chi connectivity index (χ1v) is 6.65. The largest absolute Gasteiger partial charge is 1.00 e. The Morgan fingerprint density at radius 1 is 1.15 bits per heavy atom. The topological polar surface area (TPSA) is 69.4 Å². The van der Waals surface area contributed by atoms with Crippen LogP contribution in [0.3, 0.4) is 0 Å². The van der Waals surface area contributed by atoms with Crippen molar-refractivity contribution in [2.45, 2.75) is 6.42 Å². The van der Waals surface area contributed by atoms with Crippen LogP contribution in [0, 0.1) is 0 Å². The predicted octanol–water partition coefficient (Wildman–Crippen LogP) is -2.38. The van der Waals surface area contributed by atoms with Crippen molar-refractivity contribution in [2.75, 3.05) is 21.3 Å². The SMILES string of the molecule is COc1cc2c(c(OC)c1OC)C1=C(C2)SC([NH3+])=[N+]1.[I-]. The van der Waals surface area contributed by atoms with Gasteiger partial charge in [0, 0.05) is 6.42 Å². The maximum Gasteiger partial charge on any atom is 0.472 e. The molecular weight excluding hydrogens is 391 g/mol. The molecule has 0 unspecified atom stereocenters. The Morgan fingerprint density at radius 2 is 1.85 bits per heavy atom. The van der Waals surface area contributed by atoms with E-state index >= 15 is 0 Å². The maximum absolute atomic E-state index is 5.53. The number of thioether (sulfide) groups is 1. The number of nitrogens with zero attached hydrogens (tertiary/aromatic N) is 1. The van der Waals surface area contributed by atoms with Gasteiger partial charge < -0.3 is 38.2 Å². The first-order valence-electron chi connectivity index (χ1n) is 5.83. The lowest BCUT2D eigenvalue weighted by molar-refractivity contribution is -0.206. The van der Waals surface area contributed by atoms with Crippen LogP contribution in [0.5, 0.6) is 17.2 Å². The summed E-state index contributed by atoms with van der Waals surface area (Å²) in [6.45, 7) is 0. The third-order valence-corrected chi connectivity index (χ3v) is 4.15. The van der Waals surface area contributed by atoms with Crippen LogP contribution in [-0.4, -0.2) is 26.5 Å². The Hall–Kier alpha value is -0.930. The van der Waals surface area contributed by atoms with E-state index in [2.05, 4.69) is 10.7 Å². The summed E-state index contributed by atoms with van der Waals surface area (Å²) in [5.74, 6) is 1.97. The number of quaternary nitrogens is 1. The summed E-state index contributed by atoms with van der Waals surface area (Å²) < 4.78 is 16.3. The Kier molecular flexibility index (Phi) is 4.50. The van der Waals surface area contributed by atoms with Gasteiger partial charge in [0.15, 0.2) is 11.5 Å². The fraction of sp³-hybridized carbons (Fsp3) is 0.308. The molecule has 0 saturated carbocycles. The second-order valence-electron chi connectivity index (χ2n) is 4.24. The average Bonchev–Trinajstić information content (AvgIpc) is 2.91. The van der Waals surface area contributed by atoms with Gasteiger partial charge in [-0.3, -0.25) is 5.73 Å². The molecule has 0 saturated heterocycles. The Balaban J connectivity index is 0.00000147. The van der Waals surface area contributed by atoms with Crippen LogP contribution in [0.2, 0.25) is 0 Å². The summed E-state index contributed by atoms with van der Waals surface area (Å²) in [5.41, 5.74) is 7.02. The second-order valence-corrected chi connectivity index (χ2v) is 5.40. The van der Waals surface area contributed by atoms with Crippen LogP contribution < -0.4 is 48.9 Å². The van der Waals surface area contributed by atoms with Crippen molar-refractivity contribution < 1.29 is 43.9 Å². The van der Waals surface area contributed by atoms with Crippen LogP contribution in [0.25, 0.3) is 5.70 Å². The summed E-state index contributed by atoms with van der Waals surface area (Å²) in [5, 5.41) is 0.826. The van der Waals surface area contributed by atoms with E-state index in [1.807, 2.05) is 6.07 Å². The monoisotopic (exact) mass is 406 g/mol. The number of hydrogen-bond donors (Lipinski definition) is 1. The number of halogens is 1. The van der Waals surface area contributed by atoms with Gasteiger partial charge in [0.25, 0.3) is 0 Å². The number of allylic oxidation sites excluding steroid dienone is 1. The third-order valence-electron chi connectivity index (χ3n) is 3.24. The zero-order valence-corrected chi connectivity index (χ0v) is 14.4. The van der Waals surface area contributed by atoms with Crippen molar-refractivity contribution in [3.63, 3.8) is 0 Å². The van der Waals surface area contributed by atoms with Crippen LogP contribution >= 0.6 is 11.8 Å². The van der Waals surface area contributed by atoms with Gasteiger partial charge in [-0.05, 0) is 11.6 Å². The second kappa shape index (κ2) is 5.82. The minimum absolute atomic E-state index is 0. The lowest BCUT2D eigenvalue weighted by Crippen LogP contribution is -3.00. The van der Waals surface area contributed by atoms with E-state index < -0.39 is 0 Å². The van der Waals surface area contributed by atoms with Gasteiger partial charge in [-0.1, -0.05) is 0 Å². The molecule has 1 radical (unpaired) electrons. The van der Waals surface area contributed by atoms with Crippen LogP contribution in [0.1, 0.15) is 11.1 Å². The first kappa shape index (κ1) is 15.5. The van der Waals surface area contributed by atoms with Crippen LogP contribution in [0.4, 0.5) is 0 Å². The summed E-state index contributed by atoms with van der Waals surface area (Å²) in [6, 6.07) is 1.99. The van der Waals surface area contributed by atoms with Gasteiger partial charge in [0.05, 0.1) is 38.0 Å². The van der Waals surface area contributed by atoms with E-state index in [9.17, 15) is 0 Å². The molecule has 3 rings (SSSR count). The van der Waals surface area contributed by atoms with E-state index in [1.54, 1.807) is 33.1 Å². The Labute approximate surface area is 138 Å². The van der Waals surface area contributed by atoms with Crippen molar-refractivity contribution in [3.05, 3.63) is 22.1 Å². The standard InChI is InChI=1S/C13H14N2O3S.HI/c1-16-7-4-6-5-8-10(15-13(14)19-8)9(6)12(18-3)11(7)17-2;/h4H,5,14H2,1-3H3;1H/q+1;. The highest BCUT2D eigenvalue weighted by Crippen LogP contribution is 2.51. The molecule has 1 heterocycles. The fourth-order valence-electron chi connectivity index (χ4n) is 2.49. The molecule has 3 N–H and O–H groups in total. The first-order chi connectivity index (χ1) is 9.19. The molecule has 0 amide bonds. The summed E-state index contributed by atoms with van der Waals surface area (Å²) in [7, 11) is 4.87. The highest BCUT2D eigenvalue weighted by atomic mass is 127. The minimum Gasteiger partial charge on any atom is -1.00 e.